The molecular weight excluding hydrogens is 411 g/mol. The summed E-state index contributed by atoms with van der Waals surface area (Å²) in [4.78, 5) is 16.6. The van der Waals surface area contributed by atoms with Crippen LogP contribution in [-0.4, -0.2) is 10.9 Å². The number of hydrogen-bond donors (Lipinski definition) is 1. The maximum atomic E-state index is 12.2. The molecule has 0 aliphatic heterocycles. The first-order chi connectivity index (χ1) is 11.7. The third-order valence-corrected chi connectivity index (χ3v) is 5.19. The molecule has 0 spiro atoms. The highest BCUT2D eigenvalue weighted by Crippen LogP contribution is 2.26. The summed E-state index contributed by atoms with van der Waals surface area (Å²) in [7, 11) is 0. The molecule has 4 heteroatoms. The lowest BCUT2D eigenvalue weighted by atomic mass is 10.1. The topological polar surface area (TPSA) is 42.0 Å². The number of nitrogens with one attached hydrogen (secondary N) is 1. The van der Waals surface area contributed by atoms with Gasteiger partial charge in [-0.25, -0.2) is 0 Å². The van der Waals surface area contributed by atoms with E-state index < -0.39 is 0 Å². The molecule has 0 unspecified atom stereocenters. The lowest BCUT2D eigenvalue weighted by Crippen LogP contribution is -2.11. The lowest BCUT2D eigenvalue weighted by molar-refractivity contribution is -0.116. The number of pyridine rings is 1. The van der Waals surface area contributed by atoms with E-state index in [-0.39, 0.29) is 5.91 Å². The van der Waals surface area contributed by atoms with Crippen molar-refractivity contribution in [3.05, 3.63) is 34.0 Å². The van der Waals surface area contributed by atoms with Gasteiger partial charge in [0.1, 0.15) is 0 Å². The predicted molar refractivity (Wildman–Crippen MR) is 110 cm³/mol. The highest BCUT2D eigenvalue weighted by molar-refractivity contribution is 14.1. The number of amides is 1. The molecule has 0 saturated heterocycles. The van der Waals surface area contributed by atoms with Crippen LogP contribution in [0.3, 0.4) is 0 Å². The molecule has 1 amide bonds. The van der Waals surface area contributed by atoms with Crippen LogP contribution in [0.5, 0.6) is 0 Å². The fraction of sp³-hybridized carbons (Fsp3) is 0.500. The highest BCUT2D eigenvalue weighted by atomic mass is 127. The van der Waals surface area contributed by atoms with Crippen molar-refractivity contribution < 1.29 is 4.79 Å². The van der Waals surface area contributed by atoms with Crippen LogP contribution in [0.15, 0.2) is 30.5 Å². The normalized spacial score (nSPS) is 10.9. The van der Waals surface area contributed by atoms with Crippen molar-refractivity contribution in [1.82, 2.24) is 4.98 Å². The Hall–Kier alpha value is -1.17. The van der Waals surface area contributed by atoms with Gasteiger partial charge in [0.25, 0.3) is 0 Å². The van der Waals surface area contributed by atoms with E-state index in [4.69, 9.17) is 0 Å². The molecule has 1 aromatic carbocycles. The monoisotopic (exact) mass is 438 g/mol. The van der Waals surface area contributed by atoms with Gasteiger partial charge in [0, 0.05) is 21.6 Å². The van der Waals surface area contributed by atoms with Crippen molar-refractivity contribution in [3.8, 4) is 0 Å². The molecule has 0 aliphatic rings. The van der Waals surface area contributed by atoms with Crippen molar-refractivity contribution >= 4 is 45.1 Å². The first-order valence-corrected chi connectivity index (χ1v) is 10.1. The second-order valence-electron chi connectivity index (χ2n) is 6.27. The Morgan fingerprint density at radius 3 is 2.50 bits per heavy atom. The van der Waals surface area contributed by atoms with E-state index in [1.165, 1.54) is 38.5 Å². The maximum Gasteiger partial charge on any atom is 0.224 e. The Morgan fingerprint density at radius 2 is 1.75 bits per heavy atom. The summed E-state index contributed by atoms with van der Waals surface area (Å²) in [5.74, 6) is 0.0918. The van der Waals surface area contributed by atoms with Crippen LogP contribution in [0.2, 0.25) is 0 Å². The number of nitrogens with zero attached hydrogens (tertiary/aromatic N) is 1. The quantitative estimate of drug-likeness (QED) is 0.349. The van der Waals surface area contributed by atoms with E-state index in [2.05, 4.69) is 39.8 Å². The van der Waals surface area contributed by atoms with Gasteiger partial charge in [-0.1, -0.05) is 57.9 Å². The zero-order valence-electron chi connectivity index (χ0n) is 14.5. The Kier molecular flexibility index (Phi) is 8.50. The van der Waals surface area contributed by atoms with Crippen LogP contribution in [0.4, 0.5) is 5.69 Å². The van der Waals surface area contributed by atoms with Crippen LogP contribution in [0.25, 0.3) is 10.9 Å². The van der Waals surface area contributed by atoms with Crippen LogP contribution in [0, 0.1) is 3.57 Å². The molecular formula is C20H27IN2O. The van der Waals surface area contributed by atoms with E-state index in [1.807, 2.05) is 24.3 Å². The molecule has 0 saturated carbocycles. The van der Waals surface area contributed by atoms with Crippen LogP contribution >= 0.6 is 22.6 Å². The largest absolute Gasteiger partial charge is 0.324 e. The van der Waals surface area contributed by atoms with Gasteiger partial charge in [0.2, 0.25) is 5.91 Å². The first kappa shape index (κ1) is 19.2. The third-order valence-electron chi connectivity index (χ3n) is 4.25. The van der Waals surface area contributed by atoms with Crippen molar-refractivity contribution in [1.29, 1.82) is 0 Å². The Bertz CT molecular complexity index is 657. The summed E-state index contributed by atoms with van der Waals surface area (Å²) in [5, 5.41) is 4.11. The lowest BCUT2D eigenvalue weighted by Gasteiger charge is -2.09. The van der Waals surface area contributed by atoms with Gasteiger partial charge in [0.05, 0.1) is 11.2 Å². The Labute approximate surface area is 158 Å². The number of halogens is 1. The van der Waals surface area contributed by atoms with Crippen molar-refractivity contribution in [2.45, 2.75) is 64.7 Å². The Balaban J connectivity index is 1.74. The standard InChI is InChI=1S/C20H27IN2O/c1-2-3-4-5-6-7-8-9-12-19(24)23-18-14-13-17(21)16-11-10-15-22-20(16)18/h10-11,13-15H,2-9,12H2,1H3,(H,23,24). The fourth-order valence-electron chi connectivity index (χ4n) is 2.87. The molecule has 130 valence electrons. The fourth-order valence-corrected chi connectivity index (χ4v) is 3.49. The van der Waals surface area contributed by atoms with E-state index in [0.29, 0.717) is 6.42 Å². The molecule has 0 fully saturated rings. The summed E-state index contributed by atoms with van der Waals surface area (Å²) in [5.41, 5.74) is 1.68. The van der Waals surface area contributed by atoms with Crippen LogP contribution in [-0.2, 0) is 4.79 Å². The smallest absolute Gasteiger partial charge is 0.224 e. The van der Waals surface area contributed by atoms with Crippen molar-refractivity contribution in [2.24, 2.45) is 0 Å². The predicted octanol–water partition coefficient (Wildman–Crippen LogP) is 6.31. The molecule has 0 radical (unpaired) electrons. The molecule has 2 aromatic rings. The number of hydrogen-bond acceptors (Lipinski definition) is 2. The number of fused-ring (bicyclic) bond motifs is 1. The molecule has 3 nitrogen and oxygen atoms in total. The summed E-state index contributed by atoms with van der Waals surface area (Å²) in [6.45, 7) is 2.24. The molecule has 24 heavy (non-hydrogen) atoms. The van der Waals surface area contributed by atoms with Gasteiger partial charge < -0.3 is 5.32 Å². The molecule has 0 aliphatic carbocycles. The zero-order valence-corrected chi connectivity index (χ0v) is 16.6. The first-order valence-electron chi connectivity index (χ1n) is 9.05. The molecule has 1 aromatic heterocycles. The SMILES string of the molecule is CCCCCCCCCCC(=O)Nc1ccc(I)c2cccnc12. The van der Waals surface area contributed by atoms with Crippen LogP contribution in [0.1, 0.15) is 64.7 Å². The molecule has 1 N–H and O–H groups in total. The maximum absolute atomic E-state index is 12.2. The van der Waals surface area contributed by atoms with E-state index >= 15 is 0 Å². The molecule has 0 atom stereocenters. The van der Waals surface area contributed by atoms with Gasteiger partial charge >= 0.3 is 0 Å². The van der Waals surface area contributed by atoms with Gasteiger partial charge in [-0.3, -0.25) is 9.78 Å². The number of benzene rings is 1. The minimum atomic E-state index is 0.0918. The van der Waals surface area contributed by atoms with Crippen LogP contribution < -0.4 is 5.32 Å². The van der Waals surface area contributed by atoms with Gasteiger partial charge in [-0.15, -0.1) is 0 Å². The number of carbonyl (C=O) groups is 1. The molecule has 2 rings (SSSR count). The second-order valence-corrected chi connectivity index (χ2v) is 7.43. The van der Waals surface area contributed by atoms with Gasteiger partial charge in [-0.05, 0) is 47.2 Å². The number of carbonyl (C=O) groups excluding carboxylic acids is 1. The number of aromatic nitrogens is 1. The Morgan fingerprint density at radius 1 is 1.04 bits per heavy atom. The number of unbranched alkanes of at least 4 members (excludes halogenated alkanes) is 7. The van der Waals surface area contributed by atoms with Crippen molar-refractivity contribution in [2.75, 3.05) is 5.32 Å². The minimum Gasteiger partial charge on any atom is -0.324 e. The average molecular weight is 438 g/mol. The number of rotatable bonds is 10. The molecule has 0 bridgehead atoms. The second kappa shape index (κ2) is 10.6. The summed E-state index contributed by atoms with van der Waals surface area (Å²) in [6, 6.07) is 7.94. The van der Waals surface area contributed by atoms with Gasteiger partial charge in [0.15, 0.2) is 0 Å². The number of anilines is 1. The summed E-state index contributed by atoms with van der Waals surface area (Å²) >= 11 is 2.30. The van der Waals surface area contributed by atoms with Gasteiger partial charge in [-0.2, -0.15) is 0 Å². The van der Waals surface area contributed by atoms with E-state index in [0.717, 1.165) is 33.0 Å². The third kappa shape index (κ3) is 6.04. The highest BCUT2D eigenvalue weighted by Gasteiger charge is 2.08. The summed E-state index contributed by atoms with van der Waals surface area (Å²) in [6.07, 6.45) is 12.3. The summed E-state index contributed by atoms with van der Waals surface area (Å²) < 4.78 is 1.15. The molecule has 1 heterocycles. The van der Waals surface area contributed by atoms with Crippen molar-refractivity contribution in [3.63, 3.8) is 0 Å². The minimum absolute atomic E-state index is 0.0918. The average Bonchev–Trinajstić information content (AvgIpc) is 2.60. The van der Waals surface area contributed by atoms with E-state index in [9.17, 15) is 4.79 Å². The zero-order chi connectivity index (χ0) is 17.2. The van der Waals surface area contributed by atoms with E-state index in [1.54, 1.807) is 6.20 Å².